The summed E-state index contributed by atoms with van der Waals surface area (Å²) in [5, 5.41) is 0. The van der Waals surface area contributed by atoms with Crippen LogP contribution in [0, 0.1) is 5.92 Å². The van der Waals surface area contributed by atoms with Crippen LogP contribution in [0.15, 0.2) is 36.6 Å². The maximum atomic E-state index is 12.0. The number of allylic oxidation sites excluding steroid dienone is 1. The van der Waals surface area contributed by atoms with Gasteiger partial charge in [-0.1, -0.05) is 39.3 Å². The normalized spacial score (nSPS) is 21.9. The van der Waals surface area contributed by atoms with Gasteiger partial charge in [0.2, 0.25) is 0 Å². The summed E-state index contributed by atoms with van der Waals surface area (Å²) in [6, 6.07) is 7.44. The Balaban J connectivity index is 0.00000264. The summed E-state index contributed by atoms with van der Waals surface area (Å²) in [4.78, 5) is 0. The van der Waals surface area contributed by atoms with E-state index in [0.717, 1.165) is 5.92 Å². The molecule has 0 bridgehead atoms. The topological polar surface area (TPSA) is 9.23 Å². The number of ether oxygens (including phenoxy) is 1. The van der Waals surface area contributed by atoms with Crippen molar-refractivity contribution in [3.63, 3.8) is 0 Å². The molecule has 0 saturated heterocycles. The molecule has 4 heteroatoms. The molecule has 0 N–H and O–H groups in total. The van der Waals surface area contributed by atoms with Crippen molar-refractivity contribution in [2.75, 3.05) is 0 Å². The maximum absolute atomic E-state index is 12.0. The van der Waals surface area contributed by atoms with E-state index in [1.54, 1.807) is 12.1 Å². The molecule has 0 aliphatic heterocycles. The smallest absolute Gasteiger partial charge is 0.412 e. The van der Waals surface area contributed by atoms with Crippen LogP contribution in [0.25, 0.3) is 0 Å². The zero-order valence-corrected chi connectivity index (χ0v) is 12.9. The first-order valence-corrected chi connectivity index (χ1v) is 7.99. The van der Waals surface area contributed by atoms with Crippen molar-refractivity contribution < 1.29 is 17.9 Å². The lowest BCUT2D eigenvalue weighted by Gasteiger charge is -2.28. The van der Waals surface area contributed by atoms with Crippen molar-refractivity contribution in [3.05, 3.63) is 42.2 Å². The van der Waals surface area contributed by atoms with Gasteiger partial charge in [0.05, 0.1) is 12.3 Å². The van der Waals surface area contributed by atoms with Crippen LogP contribution in [-0.2, 0) is 0 Å². The van der Waals surface area contributed by atoms with E-state index in [4.69, 9.17) is 4.74 Å². The third-order valence-corrected chi connectivity index (χ3v) is 4.36. The number of halogens is 3. The first-order chi connectivity index (χ1) is 10.5. The molecule has 1 nitrogen and oxygen atoms in total. The van der Waals surface area contributed by atoms with E-state index >= 15 is 0 Å². The quantitative estimate of drug-likeness (QED) is 0.537. The maximum Gasteiger partial charge on any atom is 0.412 e. The largest absolute Gasteiger partial charge is 0.465 e. The Morgan fingerprint density at radius 3 is 2.22 bits per heavy atom. The van der Waals surface area contributed by atoms with Crippen LogP contribution in [0.3, 0.4) is 0 Å². The van der Waals surface area contributed by atoms with Crippen molar-refractivity contribution >= 4 is 0 Å². The molecule has 1 aliphatic rings. The van der Waals surface area contributed by atoms with Gasteiger partial charge in [-0.05, 0) is 55.2 Å². The van der Waals surface area contributed by atoms with Crippen molar-refractivity contribution in [3.8, 4) is 5.75 Å². The van der Waals surface area contributed by atoms with E-state index < -0.39 is 6.18 Å². The standard InChI is InChI=1S/C18H23F3O.CH4/c1-2-3-14-4-6-15(7-5-14)16-8-10-17(11-9-16)22-13-12-18(19,20)21;/h8-15H,2-7H2,1H3;1H4/b13-12+;. The van der Waals surface area contributed by atoms with Gasteiger partial charge < -0.3 is 4.74 Å². The predicted octanol–water partition coefficient (Wildman–Crippen LogP) is 6.85. The highest BCUT2D eigenvalue weighted by Crippen LogP contribution is 2.37. The van der Waals surface area contributed by atoms with Crippen LogP contribution in [-0.4, -0.2) is 6.18 Å². The molecule has 23 heavy (non-hydrogen) atoms. The van der Waals surface area contributed by atoms with Crippen molar-refractivity contribution in [1.29, 1.82) is 0 Å². The minimum atomic E-state index is -4.34. The zero-order chi connectivity index (χ0) is 16.0. The van der Waals surface area contributed by atoms with Gasteiger partial charge in [-0.2, -0.15) is 13.2 Å². The molecular formula is C19H27F3O. The Hall–Kier alpha value is -1.45. The molecule has 1 aromatic rings. The molecule has 0 atom stereocenters. The molecule has 0 unspecified atom stereocenters. The van der Waals surface area contributed by atoms with Gasteiger partial charge in [0.25, 0.3) is 0 Å². The second-order valence-electron chi connectivity index (χ2n) is 6.04. The first-order valence-electron chi connectivity index (χ1n) is 7.99. The van der Waals surface area contributed by atoms with E-state index in [1.165, 1.54) is 44.1 Å². The molecule has 1 saturated carbocycles. The molecule has 0 spiro atoms. The zero-order valence-electron chi connectivity index (χ0n) is 12.9. The molecule has 1 fully saturated rings. The van der Waals surface area contributed by atoms with Crippen molar-refractivity contribution in [1.82, 2.24) is 0 Å². The summed E-state index contributed by atoms with van der Waals surface area (Å²) >= 11 is 0. The van der Waals surface area contributed by atoms with Crippen molar-refractivity contribution in [2.45, 2.75) is 65.0 Å². The van der Waals surface area contributed by atoms with E-state index in [9.17, 15) is 13.2 Å². The Labute approximate surface area is 137 Å². The van der Waals surface area contributed by atoms with Crippen LogP contribution < -0.4 is 4.74 Å². The third-order valence-electron chi connectivity index (χ3n) is 4.36. The predicted molar refractivity (Wildman–Crippen MR) is 88.6 cm³/mol. The SMILES string of the molecule is C.CCCC1CCC(c2ccc(O/C=C/C(F)(F)F)cc2)CC1. The minimum absolute atomic E-state index is 0. The lowest BCUT2D eigenvalue weighted by atomic mass is 9.77. The van der Waals surface area contributed by atoms with Crippen LogP contribution in [0.2, 0.25) is 0 Å². The van der Waals surface area contributed by atoms with Gasteiger partial charge in [-0.15, -0.1) is 0 Å². The molecule has 1 aliphatic carbocycles. The Morgan fingerprint density at radius 1 is 1.09 bits per heavy atom. The monoisotopic (exact) mass is 328 g/mol. The molecule has 0 amide bonds. The third kappa shape index (κ3) is 6.67. The van der Waals surface area contributed by atoms with Crippen LogP contribution >= 0.6 is 0 Å². The van der Waals surface area contributed by atoms with E-state index in [1.807, 2.05) is 12.1 Å². The molecule has 1 aromatic carbocycles. The molecular weight excluding hydrogens is 301 g/mol. The van der Waals surface area contributed by atoms with Crippen LogP contribution in [0.4, 0.5) is 13.2 Å². The molecule has 0 radical (unpaired) electrons. The minimum Gasteiger partial charge on any atom is -0.465 e. The number of hydrogen-bond acceptors (Lipinski definition) is 1. The highest BCUT2D eigenvalue weighted by Gasteiger charge is 2.23. The molecule has 130 valence electrons. The van der Waals surface area contributed by atoms with Gasteiger partial charge in [0.15, 0.2) is 0 Å². The summed E-state index contributed by atoms with van der Waals surface area (Å²) in [5.74, 6) is 1.88. The van der Waals surface area contributed by atoms with E-state index in [0.29, 0.717) is 17.9 Å². The second kappa shape index (κ2) is 8.99. The molecule has 0 aromatic heterocycles. The van der Waals surface area contributed by atoms with Gasteiger partial charge in [-0.25, -0.2) is 0 Å². The highest BCUT2D eigenvalue weighted by molar-refractivity contribution is 5.30. The lowest BCUT2D eigenvalue weighted by molar-refractivity contribution is -0.0809. The fourth-order valence-electron chi connectivity index (χ4n) is 3.20. The number of alkyl halides is 3. The average Bonchev–Trinajstić information content (AvgIpc) is 2.48. The van der Waals surface area contributed by atoms with Gasteiger partial charge >= 0.3 is 6.18 Å². The molecule has 2 rings (SSSR count). The number of hydrogen-bond donors (Lipinski definition) is 0. The van der Waals surface area contributed by atoms with Gasteiger partial charge in [0, 0.05) is 0 Å². The summed E-state index contributed by atoms with van der Waals surface area (Å²) in [6.07, 6.45) is 4.00. The van der Waals surface area contributed by atoms with Gasteiger partial charge in [-0.3, -0.25) is 0 Å². The van der Waals surface area contributed by atoms with E-state index in [2.05, 4.69) is 6.92 Å². The van der Waals surface area contributed by atoms with Gasteiger partial charge in [0.1, 0.15) is 5.75 Å². The number of rotatable bonds is 5. The summed E-state index contributed by atoms with van der Waals surface area (Å²) in [7, 11) is 0. The number of benzene rings is 1. The fraction of sp³-hybridized carbons (Fsp3) is 0.579. The highest BCUT2D eigenvalue weighted by atomic mass is 19.4. The lowest BCUT2D eigenvalue weighted by Crippen LogP contribution is -2.13. The summed E-state index contributed by atoms with van der Waals surface area (Å²) in [6.45, 7) is 2.23. The first kappa shape index (κ1) is 19.6. The van der Waals surface area contributed by atoms with E-state index in [-0.39, 0.29) is 13.5 Å². The summed E-state index contributed by atoms with van der Waals surface area (Å²) < 4.78 is 40.9. The van der Waals surface area contributed by atoms with Crippen molar-refractivity contribution in [2.24, 2.45) is 5.92 Å². The van der Waals surface area contributed by atoms with Crippen LogP contribution in [0.1, 0.15) is 64.4 Å². The fourth-order valence-corrected chi connectivity index (χ4v) is 3.20. The molecule has 0 heterocycles. The average molecular weight is 328 g/mol. The Bertz CT molecular complexity index is 468. The Kier molecular flexibility index (Phi) is 7.66. The summed E-state index contributed by atoms with van der Waals surface area (Å²) in [5.41, 5.74) is 1.27. The second-order valence-corrected chi connectivity index (χ2v) is 6.04. The van der Waals surface area contributed by atoms with Crippen LogP contribution in [0.5, 0.6) is 5.75 Å². The Morgan fingerprint density at radius 2 is 1.70 bits per heavy atom.